The Morgan fingerprint density at radius 3 is 1.12 bits per heavy atom. The number of rotatable bonds is 0. The summed E-state index contributed by atoms with van der Waals surface area (Å²) in [5.74, 6) is 0. The van der Waals surface area contributed by atoms with Crippen LogP contribution in [0.15, 0.2) is 0 Å². The Morgan fingerprint density at radius 1 is 1.00 bits per heavy atom. The van der Waals surface area contributed by atoms with E-state index in [1.807, 2.05) is 0 Å². The molecule has 0 bridgehead atoms. The molecule has 0 radical (unpaired) electrons. The summed E-state index contributed by atoms with van der Waals surface area (Å²) in [5, 5.41) is 0. The predicted octanol–water partition coefficient (Wildman–Crippen LogP) is -2.13. The molecule has 48 valence electrons. The second kappa shape index (κ2) is 6.38. The second-order valence-corrected chi connectivity index (χ2v) is 1.75. The van der Waals surface area contributed by atoms with Crippen molar-refractivity contribution in [2.45, 2.75) is 0 Å². The monoisotopic (exact) mass is 200 g/mol. The van der Waals surface area contributed by atoms with Gasteiger partial charge in [-0.3, -0.25) is 9.11 Å². The molecular formula is H8Ca2O5S. The first kappa shape index (κ1) is 17.0. The van der Waals surface area contributed by atoms with E-state index in [1.54, 1.807) is 0 Å². The molecule has 0 spiro atoms. The Hall–Kier alpha value is 2.67. The Bertz CT molecular complexity index is 48.4. The average Bonchev–Trinajstić information content (AvgIpc) is 1.76. The Balaban J connectivity index is -0.0000000833. The molecule has 4 N–H and O–H groups in total. The molecule has 1 saturated heterocycles. The molecule has 1 rings (SSSR count). The van der Waals surface area contributed by atoms with E-state index in [2.05, 4.69) is 8.67 Å². The van der Waals surface area contributed by atoms with E-state index < -0.39 is 11.2 Å². The van der Waals surface area contributed by atoms with E-state index in [1.165, 1.54) is 0 Å². The van der Waals surface area contributed by atoms with Gasteiger partial charge in [0.1, 0.15) is 0 Å². The van der Waals surface area contributed by atoms with Crippen LogP contribution < -0.4 is 0 Å². The van der Waals surface area contributed by atoms with Crippen molar-refractivity contribution in [1.29, 1.82) is 0 Å². The number of hydrogen-bond donors (Lipinski definition) is 2. The van der Waals surface area contributed by atoms with Gasteiger partial charge in [0.05, 0.1) is 0 Å². The van der Waals surface area contributed by atoms with Crippen LogP contribution in [0.3, 0.4) is 0 Å². The third kappa shape index (κ3) is 8.67. The molecule has 0 saturated carbocycles. The summed E-state index contributed by atoms with van der Waals surface area (Å²) >= 11 is -2.92. The van der Waals surface area contributed by atoms with Crippen molar-refractivity contribution in [3.05, 3.63) is 0 Å². The van der Waals surface area contributed by atoms with E-state index in [0.717, 1.165) is 0 Å². The van der Waals surface area contributed by atoms with Crippen molar-refractivity contribution in [3.8, 4) is 0 Å². The maximum atomic E-state index is 7.83. The Labute approximate surface area is 108 Å². The van der Waals surface area contributed by atoms with Gasteiger partial charge in [0.2, 0.25) is 0 Å². The van der Waals surface area contributed by atoms with Gasteiger partial charge >= 0.3 is 75.5 Å². The van der Waals surface area contributed by atoms with Crippen LogP contribution in [0.25, 0.3) is 0 Å². The number of hydrogen-bond acceptors (Lipinski definition) is 4. The van der Waals surface area contributed by atoms with Crippen molar-refractivity contribution in [2.24, 2.45) is 0 Å². The summed E-state index contributed by atoms with van der Waals surface area (Å²) in [4.78, 5) is 0. The molecule has 1 heterocycles. The molecule has 0 amide bonds. The molecule has 1 aliphatic rings. The minimum absolute atomic E-state index is 0. The van der Waals surface area contributed by atoms with Gasteiger partial charge in [-0.05, 0) is 0 Å². The van der Waals surface area contributed by atoms with E-state index in [4.69, 9.17) is 9.11 Å². The molecule has 8 heteroatoms. The molecule has 8 heavy (non-hydrogen) atoms. The van der Waals surface area contributed by atoms with Crippen LogP contribution in [0.4, 0.5) is 0 Å². The normalized spacial score (nSPS) is 22.8. The van der Waals surface area contributed by atoms with Gasteiger partial charge in [0, 0.05) is 0 Å². The molecule has 5 nitrogen and oxygen atoms in total. The molecular weight excluding hydrogens is 192 g/mol. The SMILES string of the molecule is O.OS1(O)OO1.[CaH2].[CaH2]. The summed E-state index contributed by atoms with van der Waals surface area (Å²) in [6.07, 6.45) is 0. The zero-order chi connectivity index (χ0) is 3.91. The van der Waals surface area contributed by atoms with Crippen LogP contribution in [-0.2, 0) is 8.67 Å². The van der Waals surface area contributed by atoms with Gasteiger partial charge in [0.15, 0.2) is 0 Å². The van der Waals surface area contributed by atoms with Crippen molar-refractivity contribution < 1.29 is 23.2 Å². The third-order valence-corrected chi connectivity index (χ3v) is 0.569. The molecule has 1 aliphatic heterocycles. The Kier molecular flexibility index (Phi) is 13.5. The molecule has 0 aromatic rings. The molecule has 0 unspecified atom stereocenters. The minimum atomic E-state index is -2.92. The van der Waals surface area contributed by atoms with E-state index in [-0.39, 0.29) is 81.0 Å². The molecule has 0 atom stereocenters. The summed E-state index contributed by atoms with van der Waals surface area (Å²) in [6, 6.07) is 0. The first-order valence-electron chi connectivity index (χ1n) is 0.865. The summed E-state index contributed by atoms with van der Waals surface area (Å²) < 4.78 is 22.8. The van der Waals surface area contributed by atoms with Crippen molar-refractivity contribution in [1.82, 2.24) is 0 Å². The standard InChI is InChI=1S/2Ca.H2O4S.H2O.4H/c;;1-5(2)3-4-5;;;;;/h;;1-2H;1H2;;;;. The second-order valence-electron chi connectivity index (χ2n) is 0.584. The van der Waals surface area contributed by atoms with Crippen LogP contribution in [0, 0.1) is 0 Å². The van der Waals surface area contributed by atoms with Crippen LogP contribution >= 0.6 is 11.2 Å². The topological polar surface area (TPSA) is 97.0 Å². The van der Waals surface area contributed by atoms with Crippen LogP contribution in [0.2, 0.25) is 0 Å². The summed E-state index contributed by atoms with van der Waals surface area (Å²) in [7, 11) is 0. The van der Waals surface area contributed by atoms with E-state index >= 15 is 0 Å². The third-order valence-electron chi connectivity index (χ3n) is 0.190. The van der Waals surface area contributed by atoms with Gasteiger partial charge in [-0.1, -0.05) is 8.67 Å². The fraction of sp³-hybridized carbons (Fsp3) is 0. The van der Waals surface area contributed by atoms with E-state index in [9.17, 15) is 0 Å². The molecule has 1 fully saturated rings. The summed E-state index contributed by atoms with van der Waals surface area (Å²) in [6.45, 7) is 0. The molecule has 0 aromatic heterocycles. The maximum absolute atomic E-state index is 7.83. The molecule has 0 aliphatic carbocycles. The summed E-state index contributed by atoms with van der Waals surface area (Å²) in [5.41, 5.74) is 0. The van der Waals surface area contributed by atoms with Crippen molar-refractivity contribution >= 4 is 86.6 Å². The predicted molar refractivity (Wildman–Crippen MR) is 35.7 cm³/mol. The fourth-order valence-electron chi connectivity index (χ4n) is 0.0248. The van der Waals surface area contributed by atoms with Crippen LogP contribution in [0.5, 0.6) is 0 Å². The van der Waals surface area contributed by atoms with Crippen molar-refractivity contribution in [2.75, 3.05) is 0 Å². The fourth-order valence-corrected chi connectivity index (χ4v) is 0.224. The average molecular weight is 200 g/mol. The van der Waals surface area contributed by atoms with E-state index in [0.29, 0.717) is 0 Å². The molecule has 0 aromatic carbocycles. The van der Waals surface area contributed by atoms with Gasteiger partial charge in [-0.15, -0.1) is 0 Å². The first-order valence-corrected chi connectivity index (χ1v) is 2.26. The Morgan fingerprint density at radius 2 is 1.12 bits per heavy atom. The van der Waals surface area contributed by atoms with Crippen LogP contribution in [0.1, 0.15) is 0 Å². The zero-order valence-electron chi connectivity index (χ0n) is 2.62. The first-order chi connectivity index (χ1) is 2.21. The zero-order valence-corrected chi connectivity index (χ0v) is 3.44. The van der Waals surface area contributed by atoms with Gasteiger partial charge in [-0.2, -0.15) is 0 Å². The quantitative estimate of drug-likeness (QED) is 0.265. The van der Waals surface area contributed by atoms with Gasteiger partial charge < -0.3 is 5.48 Å². The van der Waals surface area contributed by atoms with Gasteiger partial charge in [0.25, 0.3) is 11.2 Å². The van der Waals surface area contributed by atoms with Gasteiger partial charge in [-0.25, -0.2) is 0 Å². The van der Waals surface area contributed by atoms with Crippen LogP contribution in [-0.4, -0.2) is 90.1 Å². The van der Waals surface area contributed by atoms with Crippen molar-refractivity contribution in [3.63, 3.8) is 0 Å².